The van der Waals surface area contributed by atoms with Crippen molar-refractivity contribution in [2.45, 2.75) is 20.4 Å². The molecule has 0 aliphatic carbocycles. The first-order valence-corrected chi connectivity index (χ1v) is 7.75. The average molecular weight is 323 g/mol. The fourth-order valence-electron chi connectivity index (χ4n) is 2.41. The molecule has 3 aromatic heterocycles. The van der Waals surface area contributed by atoms with E-state index in [4.69, 9.17) is 0 Å². The molecule has 1 N–H and O–H groups in total. The van der Waals surface area contributed by atoms with E-state index in [1.54, 1.807) is 17.1 Å². The number of nitrogens with one attached hydrogen (secondary N) is 1. The molecule has 0 atom stereocenters. The van der Waals surface area contributed by atoms with Crippen LogP contribution in [0.15, 0.2) is 36.8 Å². The van der Waals surface area contributed by atoms with Gasteiger partial charge in [0.2, 0.25) is 0 Å². The Morgan fingerprint density at radius 3 is 2.71 bits per heavy atom. The maximum atomic E-state index is 4.59. The van der Waals surface area contributed by atoms with Gasteiger partial charge in [0, 0.05) is 32.5 Å². The van der Waals surface area contributed by atoms with Crippen LogP contribution in [0.4, 0.5) is 11.6 Å². The van der Waals surface area contributed by atoms with E-state index in [0.29, 0.717) is 18.2 Å². The molecule has 3 rings (SSSR count). The van der Waals surface area contributed by atoms with Gasteiger partial charge in [-0.15, -0.1) is 0 Å². The number of nitrogens with zero attached hydrogens (tertiary/aromatic N) is 6. The predicted molar refractivity (Wildman–Crippen MR) is 94.5 cm³/mol. The summed E-state index contributed by atoms with van der Waals surface area (Å²) >= 11 is 0. The van der Waals surface area contributed by atoms with Crippen molar-refractivity contribution in [3.05, 3.63) is 53.7 Å². The van der Waals surface area contributed by atoms with Gasteiger partial charge in [0.1, 0.15) is 11.6 Å². The topological polar surface area (TPSA) is 71.8 Å². The van der Waals surface area contributed by atoms with Gasteiger partial charge < -0.3 is 10.2 Å². The zero-order chi connectivity index (χ0) is 17.1. The number of aryl methyl sites for hydroxylation is 2. The second-order valence-corrected chi connectivity index (χ2v) is 5.87. The molecule has 0 bridgehead atoms. The van der Waals surface area contributed by atoms with E-state index >= 15 is 0 Å². The summed E-state index contributed by atoms with van der Waals surface area (Å²) in [6.07, 6.45) is 5.23. The van der Waals surface area contributed by atoms with Crippen LogP contribution in [0.25, 0.3) is 5.82 Å². The second kappa shape index (κ2) is 6.66. The highest BCUT2D eigenvalue weighted by Crippen LogP contribution is 2.13. The minimum atomic E-state index is 0.651. The van der Waals surface area contributed by atoms with Crippen LogP contribution < -0.4 is 10.2 Å². The van der Waals surface area contributed by atoms with Gasteiger partial charge >= 0.3 is 0 Å². The van der Waals surface area contributed by atoms with E-state index in [2.05, 4.69) is 25.4 Å². The minimum Gasteiger partial charge on any atom is -0.365 e. The van der Waals surface area contributed by atoms with E-state index in [1.165, 1.54) is 0 Å². The fraction of sp³-hybridized carbons (Fsp3) is 0.294. The Morgan fingerprint density at radius 2 is 2.00 bits per heavy atom. The van der Waals surface area contributed by atoms with Crippen molar-refractivity contribution in [1.82, 2.24) is 24.7 Å². The monoisotopic (exact) mass is 323 g/mol. The predicted octanol–water partition coefficient (Wildman–Crippen LogP) is 2.35. The molecular weight excluding hydrogens is 302 g/mol. The van der Waals surface area contributed by atoms with Crippen LogP contribution in [-0.4, -0.2) is 38.8 Å². The first-order chi connectivity index (χ1) is 11.5. The van der Waals surface area contributed by atoms with Gasteiger partial charge in [0.05, 0.1) is 18.1 Å². The smallest absolute Gasteiger partial charge is 0.174 e. The van der Waals surface area contributed by atoms with Crippen molar-refractivity contribution in [2.75, 3.05) is 24.3 Å². The highest BCUT2D eigenvalue weighted by Gasteiger charge is 2.07. The molecule has 3 heterocycles. The number of hydrogen-bond donors (Lipinski definition) is 1. The van der Waals surface area contributed by atoms with Crippen LogP contribution in [-0.2, 0) is 6.54 Å². The van der Waals surface area contributed by atoms with Gasteiger partial charge in [-0.05, 0) is 37.6 Å². The van der Waals surface area contributed by atoms with Gasteiger partial charge in [-0.1, -0.05) is 0 Å². The van der Waals surface area contributed by atoms with Crippen LogP contribution >= 0.6 is 0 Å². The third kappa shape index (κ3) is 3.51. The summed E-state index contributed by atoms with van der Waals surface area (Å²) in [5.41, 5.74) is 3.12. The molecule has 0 amide bonds. The Labute approximate surface area is 141 Å². The largest absolute Gasteiger partial charge is 0.365 e. The van der Waals surface area contributed by atoms with Gasteiger partial charge in [0.15, 0.2) is 5.82 Å². The SMILES string of the molecule is Cc1cc(C)n(-c2cncc(NCc3ccnc(N(C)C)c3)n2)n1. The maximum absolute atomic E-state index is 4.59. The molecule has 0 aromatic carbocycles. The van der Waals surface area contributed by atoms with Crippen molar-refractivity contribution in [2.24, 2.45) is 0 Å². The van der Waals surface area contributed by atoms with E-state index in [-0.39, 0.29) is 0 Å². The van der Waals surface area contributed by atoms with Gasteiger partial charge in [-0.3, -0.25) is 4.98 Å². The molecule has 24 heavy (non-hydrogen) atoms. The lowest BCUT2D eigenvalue weighted by molar-refractivity contribution is 0.799. The standard InChI is InChI=1S/C17H21N7/c1-12-7-13(2)24(22-12)17-11-18-10-15(21-17)20-9-14-5-6-19-16(8-14)23(3)4/h5-8,10-11H,9H2,1-4H3,(H,20,21). The third-order valence-electron chi connectivity index (χ3n) is 3.59. The molecule has 3 aromatic rings. The quantitative estimate of drug-likeness (QED) is 0.777. The van der Waals surface area contributed by atoms with E-state index in [0.717, 1.165) is 22.8 Å². The Balaban J connectivity index is 1.76. The number of rotatable bonds is 5. The number of anilines is 2. The molecule has 0 aliphatic heterocycles. The first kappa shape index (κ1) is 15.9. The summed E-state index contributed by atoms with van der Waals surface area (Å²) in [6, 6.07) is 6.05. The zero-order valence-corrected chi connectivity index (χ0v) is 14.4. The molecule has 0 radical (unpaired) electrons. The molecular formula is C17H21N7. The fourth-order valence-corrected chi connectivity index (χ4v) is 2.41. The Bertz CT molecular complexity index is 838. The summed E-state index contributed by atoms with van der Waals surface area (Å²) in [6.45, 7) is 4.62. The molecule has 0 unspecified atom stereocenters. The van der Waals surface area contributed by atoms with Crippen molar-refractivity contribution in [3.8, 4) is 5.82 Å². The Morgan fingerprint density at radius 1 is 1.17 bits per heavy atom. The number of pyridine rings is 1. The highest BCUT2D eigenvalue weighted by atomic mass is 15.3. The molecule has 0 saturated carbocycles. The van der Waals surface area contributed by atoms with Crippen molar-refractivity contribution in [3.63, 3.8) is 0 Å². The van der Waals surface area contributed by atoms with Crippen molar-refractivity contribution in [1.29, 1.82) is 0 Å². The van der Waals surface area contributed by atoms with Crippen LogP contribution in [0, 0.1) is 13.8 Å². The number of aromatic nitrogens is 5. The van der Waals surface area contributed by atoms with Gasteiger partial charge in [-0.25, -0.2) is 14.6 Å². The van der Waals surface area contributed by atoms with Crippen LogP contribution in [0.2, 0.25) is 0 Å². The number of hydrogen-bond acceptors (Lipinski definition) is 6. The lowest BCUT2D eigenvalue weighted by atomic mass is 10.2. The van der Waals surface area contributed by atoms with Crippen molar-refractivity contribution >= 4 is 11.6 Å². The first-order valence-electron chi connectivity index (χ1n) is 7.75. The summed E-state index contributed by atoms with van der Waals surface area (Å²) < 4.78 is 1.80. The van der Waals surface area contributed by atoms with Crippen LogP contribution in [0.3, 0.4) is 0 Å². The van der Waals surface area contributed by atoms with E-state index in [9.17, 15) is 0 Å². The molecule has 7 nitrogen and oxygen atoms in total. The minimum absolute atomic E-state index is 0.651. The van der Waals surface area contributed by atoms with E-state index < -0.39 is 0 Å². The van der Waals surface area contributed by atoms with Gasteiger partial charge in [-0.2, -0.15) is 5.10 Å². The summed E-state index contributed by atoms with van der Waals surface area (Å²) in [7, 11) is 3.95. The second-order valence-electron chi connectivity index (χ2n) is 5.87. The lowest BCUT2D eigenvalue weighted by Crippen LogP contribution is -2.11. The molecule has 0 aliphatic rings. The molecule has 124 valence electrons. The van der Waals surface area contributed by atoms with Gasteiger partial charge in [0.25, 0.3) is 0 Å². The van der Waals surface area contributed by atoms with Crippen LogP contribution in [0.5, 0.6) is 0 Å². The maximum Gasteiger partial charge on any atom is 0.174 e. The molecule has 0 spiro atoms. The van der Waals surface area contributed by atoms with E-state index in [1.807, 2.05) is 57.2 Å². The molecule has 7 heteroatoms. The highest BCUT2D eigenvalue weighted by molar-refractivity contribution is 5.42. The lowest BCUT2D eigenvalue weighted by Gasteiger charge is -2.13. The third-order valence-corrected chi connectivity index (χ3v) is 3.59. The summed E-state index contributed by atoms with van der Waals surface area (Å²) in [5.74, 6) is 2.34. The summed E-state index contributed by atoms with van der Waals surface area (Å²) in [4.78, 5) is 15.2. The summed E-state index contributed by atoms with van der Waals surface area (Å²) in [5, 5.41) is 7.75. The Hall–Kier alpha value is -2.96. The van der Waals surface area contributed by atoms with Crippen LogP contribution in [0.1, 0.15) is 17.0 Å². The zero-order valence-electron chi connectivity index (χ0n) is 14.4. The molecule has 0 saturated heterocycles. The Kier molecular flexibility index (Phi) is 4.41. The normalized spacial score (nSPS) is 10.7. The van der Waals surface area contributed by atoms with Crippen molar-refractivity contribution < 1.29 is 0 Å². The average Bonchev–Trinajstić information content (AvgIpc) is 2.92. The molecule has 0 fully saturated rings.